The molecule has 0 saturated carbocycles. The van der Waals surface area contributed by atoms with Crippen molar-refractivity contribution in [3.05, 3.63) is 53.1 Å². The summed E-state index contributed by atoms with van der Waals surface area (Å²) in [4.78, 5) is 0.983. The molecule has 9 N–H and O–H groups in total. The molecular formula is C25H39N7S. The van der Waals surface area contributed by atoms with Crippen LogP contribution in [-0.2, 0) is 6.42 Å². The first-order valence-electron chi connectivity index (χ1n) is 12.0. The molecule has 2 fully saturated rings. The van der Waals surface area contributed by atoms with E-state index in [0.29, 0.717) is 17.7 Å². The Labute approximate surface area is 202 Å². The molecule has 4 rings (SSSR count). The quantitative estimate of drug-likeness (QED) is 0.121. The predicted octanol–water partition coefficient (Wildman–Crippen LogP) is 3.05. The van der Waals surface area contributed by atoms with E-state index in [1.807, 2.05) is 13.8 Å². The largest absolute Gasteiger partial charge is 0.382 e. The summed E-state index contributed by atoms with van der Waals surface area (Å²) in [6, 6.07) is 13.2. The lowest BCUT2D eigenvalue weighted by Gasteiger charge is -2.24. The molecule has 7 nitrogen and oxygen atoms in total. The number of amidine groups is 1. The van der Waals surface area contributed by atoms with Gasteiger partial charge >= 0.3 is 0 Å². The average molecular weight is 470 g/mol. The molecule has 8 heteroatoms. The number of hydrogen-bond acceptors (Lipinski definition) is 7. The van der Waals surface area contributed by atoms with Crippen molar-refractivity contribution in [1.29, 1.82) is 0 Å². The second kappa shape index (κ2) is 13.0. The fourth-order valence-corrected chi connectivity index (χ4v) is 5.45. The molecule has 0 amide bonds. The molecule has 0 spiro atoms. The van der Waals surface area contributed by atoms with Crippen LogP contribution in [0.1, 0.15) is 55.7 Å². The van der Waals surface area contributed by atoms with Crippen molar-refractivity contribution in [3.63, 3.8) is 0 Å². The Hall–Kier alpha value is -2.10. The molecule has 2 heterocycles. The van der Waals surface area contributed by atoms with Gasteiger partial charge in [-0.25, -0.2) is 11.4 Å². The second-order valence-corrected chi connectivity index (χ2v) is 9.07. The first-order chi connectivity index (χ1) is 16.2. The van der Waals surface area contributed by atoms with Crippen molar-refractivity contribution >= 4 is 17.8 Å². The van der Waals surface area contributed by atoms with Crippen LogP contribution in [0.5, 0.6) is 0 Å². The number of benzene rings is 2. The molecule has 1 atom stereocenters. The zero-order valence-corrected chi connectivity index (χ0v) is 20.7. The first-order valence-corrected chi connectivity index (χ1v) is 12.9. The number of nitrogens with one attached hydrogen (secondary N) is 3. The van der Waals surface area contributed by atoms with Crippen LogP contribution in [0.4, 0.5) is 0 Å². The average Bonchev–Trinajstić information content (AvgIpc) is 3.41. The molecular weight excluding hydrogens is 430 g/mol. The van der Waals surface area contributed by atoms with Crippen LogP contribution in [0.3, 0.4) is 0 Å². The van der Waals surface area contributed by atoms with E-state index < -0.39 is 0 Å². The van der Waals surface area contributed by atoms with Crippen LogP contribution in [-0.4, -0.2) is 32.0 Å². The Morgan fingerprint density at radius 1 is 1.03 bits per heavy atom. The Bertz CT molecular complexity index is 902. The van der Waals surface area contributed by atoms with E-state index in [9.17, 15) is 0 Å². The highest BCUT2D eigenvalue weighted by Gasteiger charge is 2.22. The van der Waals surface area contributed by atoms with Crippen LogP contribution < -0.4 is 32.9 Å². The third-order valence-corrected chi connectivity index (χ3v) is 7.22. The molecule has 2 saturated heterocycles. The number of rotatable bonds is 7. The van der Waals surface area contributed by atoms with Gasteiger partial charge in [-0.2, -0.15) is 0 Å². The Morgan fingerprint density at radius 3 is 2.33 bits per heavy atom. The normalized spacial score (nSPS) is 19.2. The standard InChI is InChI=1S/C23H33N7S.C2H6/c24-23(29-30-25)21-20(17-3-1-16(2-4-17)19-9-12-28-14-19)6-5-18(22(21)31-26)13-15-7-10-27-11-8-15;1-2/h1-6,15,19,27-28,30H,7-14,25-26H2,(H2,24,29);1-2H3. The molecule has 0 aliphatic carbocycles. The topological polar surface area (TPSA) is 127 Å². The first kappa shape index (κ1) is 25.5. The van der Waals surface area contributed by atoms with Crippen LogP contribution in [0.2, 0.25) is 0 Å². The predicted molar refractivity (Wildman–Crippen MR) is 141 cm³/mol. The highest BCUT2D eigenvalue weighted by Crippen LogP contribution is 2.35. The monoisotopic (exact) mass is 469 g/mol. The van der Waals surface area contributed by atoms with E-state index in [0.717, 1.165) is 54.2 Å². The summed E-state index contributed by atoms with van der Waals surface area (Å²) < 4.78 is 0. The summed E-state index contributed by atoms with van der Waals surface area (Å²) in [5.41, 5.74) is 14.3. The smallest absolute Gasteiger partial charge is 0.153 e. The molecule has 2 aliphatic heterocycles. The summed E-state index contributed by atoms with van der Waals surface area (Å²) >= 11 is 1.24. The van der Waals surface area contributed by atoms with Gasteiger partial charge in [0.2, 0.25) is 0 Å². The third-order valence-electron chi connectivity index (χ3n) is 6.52. The molecule has 0 aromatic heterocycles. The zero-order chi connectivity index (χ0) is 23.6. The lowest BCUT2D eigenvalue weighted by molar-refractivity contribution is 0.371. The molecule has 2 aromatic carbocycles. The van der Waals surface area contributed by atoms with Crippen LogP contribution in [0.25, 0.3) is 11.1 Å². The van der Waals surface area contributed by atoms with Crippen molar-refractivity contribution in [3.8, 4) is 11.1 Å². The minimum absolute atomic E-state index is 0.349. The zero-order valence-electron chi connectivity index (χ0n) is 19.9. The molecule has 180 valence electrons. The maximum Gasteiger partial charge on any atom is 0.153 e. The molecule has 2 aliphatic rings. The minimum Gasteiger partial charge on any atom is -0.382 e. The van der Waals surface area contributed by atoms with Crippen molar-refractivity contribution in [1.82, 2.24) is 16.2 Å². The SMILES string of the molecule is CC.NN/N=C(\N)c1c(-c2ccc(C3CCNC3)cc2)ccc(CC2CCNCC2)c1SN. The minimum atomic E-state index is 0.349. The van der Waals surface area contributed by atoms with Gasteiger partial charge in [0.15, 0.2) is 5.84 Å². The highest BCUT2D eigenvalue weighted by atomic mass is 32.2. The van der Waals surface area contributed by atoms with Crippen LogP contribution in [0, 0.1) is 5.92 Å². The second-order valence-electron chi connectivity index (χ2n) is 8.43. The molecule has 0 bridgehead atoms. The summed E-state index contributed by atoms with van der Waals surface area (Å²) in [5, 5.41) is 17.1. The van der Waals surface area contributed by atoms with Gasteiger partial charge in [-0.3, -0.25) is 5.14 Å². The fourth-order valence-electron chi connectivity index (χ4n) is 4.81. The summed E-state index contributed by atoms with van der Waals surface area (Å²) in [6.45, 7) is 8.28. The van der Waals surface area contributed by atoms with Gasteiger partial charge in [0.1, 0.15) is 0 Å². The molecule has 0 radical (unpaired) electrons. The van der Waals surface area contributed by atoms with Crippen molar-refractivity contribution < 1.29 is 0 Å². The van der Waals surface area contributed by atoms with E-state index in [2.05, 4.69) is 57.7 Å². The molecule has 2 aromatic rings. The fraction of sp³-hybridized carbons (Fsp3) is 0.480. The van der Waals surface area contributed by atoms with Gasteiger partial charge < -0.3 is 16.4 Å². The van der Waals surface area contributed by atoms with Crippen molar-refractivity contribution in [2.75, 3.05) is 26.2 Å². The Balaban J connectivity index is 0.00000149. The van der Waals surface area contributed by atoms with Crippen LogP contribution in [0.15, 0.2) is 46.4 Å². The van der Waals surface area contributed by atoms with Gasteiger partial charge in [0.05, 0.1) is 0 Å². The van der Waals surface area contributed by atoms with Crippen molar-refractivity contribution in [2.24, 2.45) is 27.7 Å². The van der Waals surface area contributed by atoms with E-state index in [4.69, 9.17) is 16.7 Å². The van der Waals surface area contributed by atoms with Crippen molar-refractivity contribution in [2.45, 2.75) is 50.3 Å². The van der Waals surface area contributed by atoms with Gasteiger partial charge in [-0.05, 0) is 91.4 Å². The molecule has 33 heavy (non-hydrogen) atoms. The number of piperidine rings is 1. The number of nitrogens with zero attached hydrogens (tertiary/aromatic N) is 1. The van der Waals surface area contributed by atoms with E-state index >= 15 is 0 Å². The number of hydrogen-bond donors (Lipinski definition) is 6. The van der Waals surface area contributed by atoms with Crippen LogP contribution >= 0.6 is 11.9 Å². The number of hydrazine groups is 1. The third kappa shape index (κ3) is 6.28. The summed E-state index contributed by atoms with van der Waals surface area (Å²) in [6.07, 6.45) is 4.53. The lowest BCUT2D eigenvalue weighted by Crippen LogP contribution is -2.29. The maximum absolute atomic E-state index is 6.37. The number of nitrogens with two attached hydrogens (primary N) is 3. The summed E-state index contributed by atoms with van der Waals surface area (Å²) in [7, 11) is 0. The van der Waals surface area contributed by atoms with Gasteiger partial charge in [0.25, 0.3) is 0 Å². The maximum atomic E-state index is 6.37. The lowest BCUT2D eigenvalue weighted by atomic mass is 9.88. The Morgan fingerprint density at radius 2 is 1.73 bits per heavy atom. The van der Waals surface area contributed by atoms with E-state index in [1.165, 1.54) is 42.3 Å². The Kier molecular flexibility index (Phi) is 10.0. The van der Waals surface area contributed by atoms with E-state index in [1.54, 1.807) is 0 Å². The van der Waals surface area contributed by atoms with Gasteiger partial charge in [-0.15, -0.1) is 5.10 Å². The van der Waals surface area contributed by atoms with Gasteiger partial charge in [0, 0.05) is 17.0 Å². The van der Waals surface area contributed by atoms with E-state index in [-0.39, 0.29) is 0 Å². The highest BCUT2D eigenvalue weighted by molar-refractivity contribution is 7.97. The number of hydrazone groups is 1. The van der Waals surface area contributed by atoms with Gasteiger partial charge in [-0.1, -0.05) is 50.2 Å². The molecule has 1 unspecified atom stereocenters. The summed E-state index contributed by atoms with van der Waals surface area (Å²) in [5.74, 6) is 7.04.